The molecule has 262 valence electrons. The van der Waals surface area contributed by atoms with Gasteiger partial charge >= 0.3 is 0 Å². The van der Waals surface area contributed by atoms with Crippen LogP contribution in [0.25, 0.3) is 110 Å². The molecule has 10 aromatic carbocycles. The molecule has 0 amide bonds. The minimum atomic E-state index is -0.154. The van der Waals surface area contributed by atoms with Gasteiger partial charge in [-0.15, -0.1) is 0 Å². The molecular weight excluding hydrogens is 677 g/mol. The van der Waals surface area contributed by atoms with Gasteiger partial charge in [0.25, 0.3) is 0 Å². The standard InChI is InChI=1S/C55H36O/c1-55(2)49-29-25-35(30-46(49)47-31-48-45-26-24-33-14-6-7-17-37(33)54(45)56-51(48)32-50(47)55)36-27-28-44(39-19-9-8-18-38(36)39)53-42-22-12-10-20-40(42)52(34-15-4-3-5-16-34)41-21-11-13-23-43(41)53/h3-32H,1-2H3. The molecule has 0 unspecified atom stereocenters. The van der Waals surface area contributed by atoms with Gasteiger partial charge in [0.1, 0.15) is 11.2 Å². The molecule has 1 aliphatic rings. The Morgan fingerprint density at radius 1 is 0.339 bits per heavy atom. The Balaban J connectivity index is 1.06. The van der Waals surface area contributed by atoms with E-state index in [9.17, 15) is 0 Å². The molecule has 1 heteroatoms. The third-order valence-corrected chi connectivity index (χ3v) is 12.7. The Hall–Kier alpha value is -6.96. The summed E-state index contributed by atoms with van der Waals surface area (Å²) in [6.07, 6.45) is 0. The zero-order valence-electron chi connectivity index (χ0n) is 31.2. The zero-order valence-corrected chi connectivity index (χ0v) is 31.2. The van der Waals surface area contributed by atoms with E-state index < -0.39 is 0 Å². The van der Waals surface area contributed by atoms with Crippen LogP contribution in [-0.4, -0.2) is 0 Å². The molecule has 1 aliphatic carbocycles. The molecule has 0 N–H and O–H groups in total. The quantitative estimate of drug-likeness (QED) is 0.166. The van der Waals surface area contributed by atoms with Crippen molar-refractivity contribution in [1.82, 2.24) is 0 Å². The fourth-order valence-electron chi connectivity index (χ4n) is 10.0. The molecule has 0 atom stereocenters. The van der Waals surface area contributed by atoms with Crippen molar-refractivity contribution >= 4 is 65.0 Å². The lowest BCUT2D eigenvalue weighted by molar-refractivity contribution is 0.648. The van der Waals surface area contributed by atoms with Crippen LogP contribution >= 0.6 is 0 Å². The maximum absolute atomic E-state index is 6.65. The smallest absolute Gasteiger partial charge is 0.143 e. The highest BCUT2D eigenvalue weighted by atomic mass is 16.3. The molecule has 0 bridgehead atoms. The van der Waals surface area contributed by atoms with E-state index >= 15 is 0 Å². The predicted molar refractivity (Wildman–Crippen MR) is 238 cm³/mol. The monoisotopic (exact) mass is 712 g/mol. The van der Waals surface area contributed by atoms with Crippen LogP contribution < -0.4 is 0 Å². The minimum Gasteiger partial charge on any atom is -0.455 e. The summed E-state index contributed by atoms with van der Waals surface area (Å²) in [5, 5.41) is 12.3. The van der Waals surface area contributed by atoms with E-state index in [0.717, 1.165) is 16.6 Å². The summed E-state index contributed by atoms with van der Waals surface area (Å²) in [6, 6.07) is 67.2. The van der Waals surface area contributed by atoms with Crippen LogP contribution in [0.1, 0.15) is 25.0 Å². The van der Waals surface area contributed by atoms with Gasteiger partial charge in [-0.05, 0) is 118 Å². The van der Waals surface area contributed by atoms with E-state index in [1.54, 1.807) is 0 Å². The van der Waals surface area contributed by atoms with Gasteiger partial charge in [0.05, 0.1) is 0 Å². The minimum absolute atomic E-state index is 0.154. The first-order valence-corrected chi connectivity index (χ1v) is 19.6. The highest BCUT2D eigenvalue weighted by Crippen LogP contribution is 2.53. The maximum Gasteiger partial charge on any atom is 0.143 e. The summed E-state index contributed by atoms with van der Waals surface area (Å²) >= 11 is 0. The Morgan fingerprint density at radius 3 is 1.62 bits per heavy atom. The molecule has 0 fully saturated rings. The van der Waals surface area contributed by atoms with Crippen molar-refractivity contribution in [3.63, 3.8) is 0 Å². The maximum atomic E-state index is 6.65. The van der Waals surface area contributed by atoms with E-state index in [-0.39, 0.29) is 5.41 Å². The molecule has 1 aromatic heterocycles. The number of hydrogen-bond acceptors (Lipinski definition) is 1. The highest BCUT2D eigenvalue weighted by molar-refractivity contribution is 6.24. The zero-order chi connectivity index (χ0) is 37.1. The Morgan fingerprint density at radius 2 is 0.911 bits per heavy atom. The van der Waals surface area contributed by atoms with Crippen LogP contribution in [0.3, 0.4) is 0 Å². The van der Waals surface area contributed by atoms with Crippen molar-refractivity contribution in [3.05, 3.63) is 193 Å². The Labute approximate surface area is 325 Å². The first-order chi connectivity index (χ1) is 27.5. The Kier molecular flexibility index (Phi) is 6.46. The summed E-state index contributed by atoms with van der Waals surface area (Å²) in [5.74, 6) is 0. The van der Waals surface area contributed by atoms with Crippen LogP contribution in [0.2, 0.25) is 0 Å². The molecule has 0 radical (unpaired) electrons. The first kappa shape index (κ1) is 31.4. The molecule has 12 rings (SSSR count). The van der Waals surface area contributed by atoms with Gasteiger partial charge in [0.15, 0.2) is 0 Å². The van der Waals surface area contributed by atoms with E-state index in [1.165, 1.54) is 104 Å². The topological polar surface area (TPSA) is 13.1 Å². The van der Waals surface area contributed by atoms with E-state index in [2.05, 4.69) is 196 Å². The SMILES string of the molecule is CC1(C)c2ccc(-c3ccc(-c4c5ccccc5c(-c5ccccc5)c5ccccc45)c4ccccc34)cc2-c2cc3c(cc21)oc1c2ccccc2ccc31. The van der Waals surface area contributed by atoms with Crippen molar-refractivity contribution in [2.45, 2.75) is 19.3 Å². The number of furan rings is 1. The number of rotatable bonds is 3. The average Bonchev–Trinajstić information content (AvgIpc) is 3.73. The average molecular weight is 713 g/mol. The second-order valence-electron chi connectivity index (χ2n) is 16.0. The highest BCUT2D eigenvalue weighted by Gasteiger charge is 2.36. The summed E-state index contributed by atoms with van der Waals surface area (Å²) in [5.41, 5.74) is 14.6. The van der Waals surface area contributed by atoms with Gasteiger partial charge in [-0.2, -0.15) is 0 Å². The lowest BCUT2D eigenvalue weighted by Gasteiger charge is -2.22. The molecule has 0 saturated carbocycles. The lowest BCUT2D eigenvalue weighted by atomic mass is 9.81. The van der Waals surface area contributed by atoms with Crippen LogP contribution in [0.15, 0.2) is 186 Å². The van der Waals surface area contributed by atoms with Crippen molar-refractivity contribution in [1.29, 1.82) is 0 Å². The van der Waals surface area contributed by atoms with Crippen LogP contribution in [0.4, 0.5) is 0 Å². The molecule has 11 aromatic rings. The second-order valence-corrected chi connectivity index (χ2v) is 16.0. The number of hydrogen-bond donors (Lipinski definition) is 0. The van der Waals surface area contributed by atoms with Crippen LogP contribution in [-0.2, 0) is 5.41 Å². The van der Waals surface area contributed by atoms with Crippen molar-refractivity contribution in [2.75, 3.05) is 0 Å². The Bertz CT molecular complexity index is 3380. The summed E-state index contributed by atoms with van der Waals surface area (Å²) in [6.45, 7) is 4.70. The molecule has 0 spiro atoms. The van der Waals surface area contributed by atoms with Crippen LogP contribution in [0, 0.1) is 0 Å². The number of benzene rings is 10. The van der Waals surface area contributed by atoms with E-state index in [0.29, 0.717) is 0 Å². The van der Waals surface area contributed by atoms with Gasteiger partial charge in [0, 0.05) is 21.6 Å². The fraction of sp³-hybridized carbons (Fsp3) is 0.0545. The summed E-state index contributed by atoms with van der Waals surface area (Å²) in [7, 11) is 0. The predicted octanol–water partition coefficient (Wildman–Crippen LogP) is 15.5. The van der Waals surface area contributed by atoms with Gasteiger partial charge in [-0.25, -0.2) is 0 Å². The van der Waals surface area contributed by atoms with Crippen molar-refractivity contribution in [3.8, 4) is 44.5 Å². The molecule has 56 heavy (non-hydrogen) atoms. The van der Waals surface area contributed by atoms with Crippen molar-refractivity contribution < 1.29 is 4.42 Å². The second kappa shape index (κ2) is 11.5. The van der Waals surface area contributed by atoms with Crippen LogP contribution in [0.5, 0.6) is 0 Å². The van der Waals surface area contributed by atoms with E-state index in [4.69, 9.17) is 4.42 Å². The van der Waals surface area contributed by atoms with Crippen molar-refractivity contribution in [2.24, 2.45) is 0 Å². The lowest BCUT2D eigenvalue weighted by Crippen LogP contribution is -2.14. The van der Waals surface area contributed by atoms with Gasteiger partial charge in [-0.1, -0.05) is 172 Å². The molecular formula is C55H36O. The molecule has 1 heterocycles. The largest absolute Gasteiger partial charge is 0.455 e. The first-order valence-electron chi connectivity index (χ1n) is 19.6. The van der Waals surface area contributed by atoms with E-state index in [1.807, 2.05) is 0 Å². The summed E-state index contributed by atoms with van der Waals surface area (Å²) in [4.78, 5) is 0. The third-order valence-electron chi connectivity index (χ3n) is 12.7. The fourth-order valence-corrected chi connectivity index (χ4v) is 10.0. The summed E-state index contributed by atoms with van der Waals surface area (Å²) < 4.78 is 6.65. The molecule has 0 saturated heterocycles. The number of fused-ring (bicyclic) bond motifs is 11. The van der Waals surface area contributed by atoms with Gasteiger partial charge < -0.3 is 4.42 Å². The van der Waals surface area contributed by atoms with Gasteiger partial charge in [-0.3, -0.25) is 0 Å². The third kappa shape index (κ3) is 4.31. The molecule has 1 nitrogen and oxygen atoms in total. The van der Waals surface area contributed by atoms with Gasteiger partial charge in [0.2, 0.25) is 0 Å². The normalized spacial score (nSPS) is 13.3. The molecule has 0 aliphatic heterocycles.